The highest BCUT2D eigenvalue weighted by Crippen LogP contribution is 2.44. The maximum Gasteiger partial charge on any atom is 0.146 e. The molecule has 7 aromatic carbocycles. The minimum atomic E-state index is 0.735. The van der Waals surface area contributed by atoms with Crippen molar-refractivity contribution in [2.75, 3.05) is 0 Å². The minimum Gasteiger partial charge on any atom is -0.457 e. The molecule has 0 unspecified atom stereocenters. The van der Waals surface area contributed by atoms with E-state index in [9.17, 15) is 0 Å². The van der Waals surface area contributed by atoms with Crippen LogP contribution in [0.5, 0.6) is 11.5 Å². The molecule has 0 fully saturated rings. The Labute approximate surface area is 339 Å². The molecule has 0 amide bonds. The van der Waals surface area contributed by atoms with Gasteiger partial charge < -0.3 is 4.74 Å². The third-order valence-corrected chi connectivity index (χ3v) is 12.3. The number of aryl methyl sites for hydroxylation is 4. The van der Waals surface area contributed by atoms with Crippen LogP contribution in [-0.2, 0) is 0 Å². The molecule has 0 N–H and O–H groups in total. The van der Waals surface area contributed by atoms with Crippen LogP contribution in [0.3, 0.4) is 0 Å². The molecular weight excluding hydrogens is 723 g/mol. The Hall–Kier alpha value is -7.57. The Morgan fingerprint density at radius 3 is 1.64 bits per heavy atom. The summed E-state index contributed by atoms with van der Waals surface area (Å²) in [7, 11) is 0. The van der Waals surface area contributed by atoms with Crippen molar-refractivity contribution in [2.24, 2.45) is 0 Å². The van der Waals surface area contributed by atoms with Crippen LogP contribution in [0, 0.1) is 27.7 Å². The van der Waals surface area contributed by atoms with Crippen molar-refractivity contribution in [3.63, 3.8) is 0 Å². The fourth-order valence-electron chi connectivity index (χ4n) is 9.75. The lowest BCUT2D eigenvalue weighted by molar-refractivity contribution is 0.484. The number of imidazole rings is 2. The number of benzene rings is 7. The van der Waals surface area contributed by atoms with Crippen LogP contribution in [-0.4, -0.2) is 23.8 Å². The predicted molar refractivity (Wildman–Crippen MR) is 243 cm³/mol. The van der Waals surface area contributed by atoms with E-state index in [4.69, 9.17) is 14.7 Å². The van der Waals surface area contributed by atoms with Crippen molar-refractivity contribution in [2.45, 2.75) is 27.7 Å². The number of ether oxygens (including phenoxy) is 1. The second kappa shape index (κ2) is 12.5. The largest absolute Gasteiger partial charge is 0.457 e. The van der Waals surface area contributed by atoms with Crippen molar-refractivity contribution in [3.05, 3.63) is 174 Å². The van der Waals surface area contributed by atoms with E-state index in [1.54, 1.807) is 0 Å². The first kappa shape index (κ1) is 33.6. The molecule has 5 aromatic heterocycles. The van der Waals surface area contributed by atoms with Gasteiger partial charge in [0.1, 0.15) is 22.8 Å². The summed E-state index contributed by atoms with van der Waals surface area (Å²) in [6.07, 6.45) is 3.78. The molecule has 0 aliphatic carbocycles. The number of hydrogen-bond acceptors (Lipinski definition) is 4. The Morgan fingerprint density at radius 1 is 0.441 bits per heavy atom. The minimum absolute atomic E-state index is 0.735. The topological polar surface area (TPSA) is 56.7 Å². The molecule has 6 nitrogen and oxygen atoms in total. The molecule has 0 saturated carbocycles. The van der Waals surface area contributed by atoms with Gasteiger partial charge in [-0.15, -0.1) is 0 Å². The zero-order valence-electron chi connectivity index (χ0n) is 33.1. The van der Waals surface area contributed by atoms with Gasteiger partial charge in [0.05, 0.1) is 39.3 Å². The number of fused-ring (bicyclic) bond motifs is 16. The van der Waals surface area contributed by atoms with Crippen LogP contribution in [0.4, 0.5) is 0 Å². The molecule has 0 atom stereocenters. The molecule has 0 saturated heterocycles. The van der Waals surface area contributed by atoms with Gasteiger partial charge in [0, 0.05) is 33.3 Å². The molecule has 5 heterocycles. The first-order chi connectivity index (χ1) is 28.9. The predicted octanol–water partition coefficient (Wildman–Crippen LogP) is 13.7. The van der Waals surface area contributed by atoms with Crippen LogP contribution in [0.2, 0.25) is 0 Å². The summed E-state index contributed by atoms with van der Waals surface area (Å²) in [6, 6.07) is 49.6. The first-order valence-electron chi connectivity index (χ1n) is 20.1. The van der Waals surface area contributed by atoms with Gasteiger partial charge in [0.15, 0.2) is 0 Å². The lowest BCUT2D eigenvalue weighted by atomic mass is 9.87. The van der Waals surface area contributed by atoms with Crippen LogP contribution in [0.15, 0.2) is 152 Å². The van der Waals surface area contributed by atoms with Gasteiger partial charge in [-0.3, -0.25) is 13.8 Å². The SMILES string of the molecule is Cc1cccc(C)c1-c1cc(-c2c(C)cccc2C)c2c(c1)c1ccc(Oc3ccc4c5ccncc5n5c6ccccc6nc5c4c3)cc1c1nc3ccccc3n12. The maximum absolute atomic E-state index is 6.83. The molecule has 12 aromatic rings. The molecule has 6 heteroatoms. The van der Waals surface area contributed by atoms with Crippen molar-refractivity contribution in [1.29, 1.82) is 0 Å². The molecule has 0 aliphatic rings. The normalized spacial score (nSPS) is 12.1. The van der Waals surface area contributed by atoms with Crippen molar-refractivity contribution in [3.8, 4) is 33.8 Å². The molecule has 0 spiro atoms. The van der Waals surface area contributed by atoms with Crippen LogP contribution < -0.4 is 4.74 Å². The number of aromatic nitrogens is 5. The van der Waals surface area contributed by atoms with Gasteiger partial charge >= 0.3 is 0 Å². The van der Waals surface area contributed by atoms with Gasteiger partial charge in [-0.25, -0.2) is 9.97 Å². The number of para-hydroxylation sites is 4. The Balaban J connectivity index is 1.13. The van der Waals surface area contributed by atoms with Crippen molar-refractivity contribution < 1.29 is 4.74 Å². The van der Waals surface area contributed by atoms with E-state index >= 15 is 0 Å². The fourth-order valence-corrected chi connectivity index (χ4v) is 9.75. The zero-order chi connectivity index (χ0) is 39.5. The van der Waals surface area contributed by atoms with Gasteiger partial charge in [0.2, 0.25) is 0 Å². The summed E-state index contributed by atoms with van der Waals surface area (Å²) in [5.74, 6) is 1.47. The summed E-state index contributed by atoms with van der Waals surface area (Å²) in [5.41, 5.74) is 17.9. The number of nitrogens with zero attached hydrogens (tertiary/aromatic N) is 5. The van der Waals surface area contributed by atoms with E-state index in [0.29, 0.717) is 0 Å². The lowest BCUT2D eigenvalue weighted by Crippen LogP contribution is -1.99. The Kier molecular flexibility index (Phi) is 7.09. The Morgan fingerprint density at radius 2 is 1.00 bits per heavy atom. The number of hydrogen-bond donors (Lipinski definition) is 0. The molecule has 0 aliphatic heterocycles. The quantitative estimate of drug-likeness (QED) is 0.168. The smallest absolute Gasteiger partial charge is 0.146 e. The molecule has 0 radical (unpaired) electrons. The van der Waals surface area contributed by atoms with Gasteiger partial charge in [-0.1, -0.05) is 60.7 Å². The fraction of sp³-hybridized carbons (Fsp3) is 0.0755. The van der Waals surface area contributed by atoms with E-state index in [1.807, 2.05) is 18.5 Å². The highest BCUT2D eigenvalue weighted by Gasteiger charge is 2.22. The summed E-state index contributed by atoms with van der Waals surface area (Å²) >= 11 is 0. The third kappa shape index (κ3) is 4.90. The van der Waals surface area contributed by atoms with Gasteiger partial charge in [-0.05, 0) is 156 Å². The lowest BCUT2D eigenvalue weighted by Gasteiger charge is -2.20. The first-order valence-corrected chi connectivity index (χ1v) is 20.1. The van der Waals surface area contributed by atoms with E-state index in [1.165, 1.54) is 49.9 Å². The number of rotatable bonds is 4. The second-order valence-electron chi connectivity index (χ2n) is 15.9. The van der Waals surface area contributed by atoms with Gasteiger partial charge in [0.25, 0.3) is 0 Å². The summed E-state index contributed by atoms with van der Waals surface area (Å²) in [4.78, 5) is 14.9. The highest BCUT2D eigenvalue weighted by molar-refractivity contribution is 6.19. The maximum atomic E-state index is 6.83. The average Bonchev–Trinajstić information content (AvgIpc) is 3.84. The molecule has 280 valence electrons. The van der Waals surface area contributed by atoms with Crippen LogP contribution in [0.1, 0.15) is 22.3 Å². The highest BCUT2D eigenvalue weighted by atomic mass is 16.5. The summed E-state index contributed by atoms with van der Waals surface area (Å²) < 4.78 is 11.4. The third-order valence-electron chi connectivity index (χ3n) is 12.3. The zero-order valence-corrected chi connectivity index (χ0v) is 33.1. The van der Waals surface area contributed by atoms with Crippen molar-refractivity contribution >= 4 is 76.7 Å². The molecule has 0 bridgehead atoms. The average molecular weight is 760 g/mol. The summed E-state index contributed by atoms with van der Waals surface area (Å²) in [5, 5.41) is 6.56. The van der Waals surface area contributed by atoms with E-state index < -0.39 is 0 Å². The second-order valence-corrected chi connectivity index (χ2v) is 15.9. The van der Waals surface area contributed by atoms with Gasteiger partial charge in [-0.2, -0.15) is 0 Å². The molecule has 59 heavy (non-hydrogen) atoms. The summed E-state index contributed by atoms with van der Waals surface area (Å²) in [6.45, 7) is 8.87. The monoisotopic (exact) mass is 759 g/mol. The van der Waals surface area contributed by atoms with Crippen molar-refractivity contribution in [1.82, 2.24) is 23.8 Å². The number of pyridine rings is 3. The van der Waals surface area contributed by atoms with E-state index in [0.717, 1.165) is 82.8 Å². The van der Waals surface area contributed by atoms with Crippen LogP contribution >= 0.6 is 0 Å². The van der Waals surface area contributed by atoms with Crippen LogP contribution in [0.25, 0.3) is 99.0 Å². The standard InChI is InChI=1S/C53H37N5O/c1-30-11-9-12-31(2)49(30)34-25-40-38-22-20-36(59-35-19-21-37-39-23-24-54-29-48(39)57-46-17-7-5-15-44(46)55-52(57)41(37)27-35)28-42(38)53-56-45-16-6-8-18-47(45)58(53)51(40)43(26-34)50-32(3)13-10-14-33(50)4/h5-29H,1-4H3. The Bertz CT molecular complexity index is 3720. The van der Waals surface area contributed by atoms with E-state index in [2.05, 4.69) is 175 Å². The molecular formula is C53H37N5O. The molecule has 12 rings (SSSR count). The van der Waals surface area contributed by atoms with E-state index in [-0.39, 0.29) is 0 Å².